The summed E-state index contributed by atoms with van der Waals surface area (Å²) < 4.78 is 1.04. The van der Waals surface area contributed by atoms with Crippen molar-refractivity contribution in [2.24, 2.45) is 5.73 Å². The van der Waals surface area contributed by atoms with E-state index >= 15 is 0 Å². The highest BCUT2D eigenvalue weighted by Crippen LogP contribution is 2.32. The van der Waals surface area contributed by atoms with Gasteiger partial charge in [-0.25, -0.2) is 0 Å². The van der Waals surface area contributed by atoms with Gasteiger partial charge in [0.25, 0.3) is 0 Å². The molecule has 2 nitrogen and oxygen atoms in total. The van der Waals surface area contributed by atoms with Crippen molar-refractivity contribution in [3.63, 3.8) is 0 Å². The lowest BCUT2D eigenvalue weighted by molar-refractivity contribution is 0.448. The molecule has 0 saturated carbocycles. The molecular formula is C13H20BrNO. The molecule has 0 aliphatic carbocycles. The molecule has 0 atom stereocenters. The molecule has 3 heteroatoms. The van der Waals surface area contributed by atoms with Crippen LogP contribution < -0.4 is 5.73 Å². The zero-order chi connectivity index (χ0) is 12.5. The standard InChI is InChI=1S/C13H20BrNO/c1-8(2)10-6-12(16)9(5-11(10)14)7-13(3,4)15/h5-6,8,16H,7,15H2,1-4H3. The lowest BCUT2D eigenvalue weighted by Crippen LogP contribution is -2.34. The van der Waals surface area contributed by atoms with Gasteiger partial charge in [0.15, 0.2) is 0 Å². The fourth-order valence-electron chi connectivity index (χ4n) is 1.69. The Balaban J connectivity index is 3.11. The van der Waals surface area contributed by atoms with Crippen LogP contribution in [0.5, 0.6) is 5.75 Å². The highest BCUT2D eigenvalue weighted by molar-refractivity contribution is 9.10. The Bertz CT molecular complexity index is 380. The molecule has 0 aromatic heterocycles. The minimum Gasteiger partial charge on any atom is -0.508 e. The molecule has 90 valence electrons. The molecule has 3 N–H and O–H groups in total. The van der Waals surface area contributed by atoms with Crippen LogP contribution >= 0.6 is 15.9 Å². The predicted octanol–water partition coefficient (Wildman–Crippen LogP) is 3.56. The molecule has 0 bridgehead atoms. The SMILES string of the molecule is CC(C)c1cc(O)c(CC(C)(C)N)cc1Br. The number of nitrogens with two attached hydrogens (primary N) is 1. The van der Waals surface area contributed by atoms with Crippen molar-refractivity contribution in [3.05, 3.63) is 27.7 Å². The van der Waals surface area contributed by atoms with Gasteiger partial charge in [0.05, 0.1) is 0 Å². The van der Waals surface area contributed by atoms with Crippen molar-refractivity contribution in [1.82, 2.24) is 0 Å². The Morgan fingerprint density at radius 2 is 1.94 bits per heavy atom. The number of aromatic hydroxyl groups is 1. The van der Waals surface area contributed by atoms with Crippen LogP contribution in [0.4, 0.5) is 0 Å². The van der Waals surface area contributed by atoms with Crippen molar-refractivity contribution in [2.75, 3.05) is 0 Å². The summed E-state index contributed by atoms with van der Waals surface area (Å²) in [6.45, 7) is 8.12. The van der Waals surface area contributed by atoms with Crippen molar-refractivity contribution in [1.29, 1.82) is 0 Å². The molecule has 0 amide bonds. The molecular weight excluding hydrogens is 266 g/mol. The maximum absolute atomic E-state index is 9.95. The summed E-state index contributed by atoms with van der Waals surface area (Å²) in [6, 6.07) is 3.80. The second-order valence-electron chi connectivity index (χ2n) is 5.32. The quantitative estimate of drug-likeness (QED) is 0.892. The van der Waals surface area contributed by atoms with E-state index in [9.17, 15) is 5.11 Å². The van der Waals surface area contributed by atoms with Crippen molar-refractivity contribution in [2.45, 2.75) is 45.6 Å². The smallest absolute Gasteiger partial charge is 0.119 e. The van der Waals surface area contributed by atoms with Gasteiger partial charge in [-0.2, -0.15) is 0 Å². The summed E-state index contributed by atoms with van der Waals surface area (Å²) in [7, 11) is 0. The summed E-state index contributed by atoms with van der Waals surface area (Å²) in [4.78, 5) is 0. The number of halogens is 1. The monoisotopic (exact) mass is 285 g/mol. The summed E-state index contributed by atoms with van der Waals surface area (Å²) in [5.41, 5.74) is 7.66. The van der Waals surface area contributed by atoms with Crippen LogP contribution in [0.3, 0.4) is 0 Å². The summed E-state index contributed by atoms with van der Waals surface area (Å²) in [5.74, 6) is 0.727. The van der Waals surface area contributed by atoms with Gasteiger partial charge < -0.3 is 10.8 Å². The van der Waals surface area contributed by atoms with Crippen LogP contribution in [-0.4, -0.2) is 10.6 Å². The summed E-state index contributed by atoms with van der Waals surface area (Å²) in [5, 5.41) is 9.95. The maximum Gasteiger partial charge on any atom is 0.119 e. The second-order valence-corrected chi connectivity index (χ2v) is 6.18. The number of benzene rings is 1. The molecule has 0 unspecified atom stereocenters. The van der Waals surface area contributed by atoms with Crippen molar-refractivity contribution in [3.8, 4) is 5.75 Å². The van der Waals surface area contributed by atoms with Gasteiger partial charge in [-0.3, -0.25) is 0 Å². The average Bonchev–Trinajstić information content (AvgIpc) is 2.07. The second kappa shape index (κ2) is 4.76. The predicted molar refractivity (Wildman–Crippen MR) is 71.9 cm³/mol. The van der Waals surface area contributed by atoms with Crippen molar-refractivity contribution < 1.29 is 5.11 Å². The third-order valence-electron chi connectivity index (χ3n) is 2.47. The van der Waals surface area contributed by atoms with Crippen molar-refractivity contribution >= 4 is 15.9 Å². The Morgan fingerprint density at radius 1 is 1.38 bits per heavy atom. The third kappa shape index (κ3) is 3.49. The van der Waals surface area contributed by atoms with Crippen LogP contribution in [0, 0.1) is 0 Å². The van der Waals surface area contributed by atoms with E-state index in [1.54, 1.807) is 0 Å². The van der Waals surface area contributed by atoms with Crippen LogP contribution in [0.25, 0.3) is 0 Å². The molecule has 0 aliphatic rings. The first-order chi connectivity index (χ1) is 7.20. The Morgan fingerprint density at radius 3 is 2.38 bits per heavy atom. The first-order valence-corrected chi connectivity index (χ1v) is 6.30. The zero-order valence-corrected chi connectivity index (χ0v) is 11.9. The number of hydrogen-bond acceptors (Lipinski definition) is 2. The Kier molecular flexibility index (Phi) is 4.02. The van der Waals surface area contributed by atoms with Crippen LogP contribution in [0.1, 0.15) is 44.7 Å². The molecule has 0 spiro atoms. The summed E-state index contributed by atoms with van der Waals surface area (Å²) in [6.07, 6.45) is 0.663. The number of rotatable bonds is 3. The maximum atomic E-state index is 9.95. The van der Waals surface area contributed by atoms with Gasteiger partial charge in [-0.05, 0) is 49.4 Å². The van der Waals surface area contributed by atoms with Crippen LogP contribution in [0.2, 0.25) is 0 Å². The third-order valence-corrected chi connectivity index (χ3v) is 3.15. The fraction of sp³-hybridized carbons (Fsp3) is 0.538. The lowest BCUT2D eigenvalue weighted by Gasteiger charge is -2.20. The minimum absolute atomic E-state index is 0.309. The largest absolute Gasteiger partial charge is 0.508 e. The molecule has 0 heterocycles. The van der Waals surface area contributed by atoms with E-state index in [0.29, 0.717) is 18.1 Å². The van der Waals surface area contributed by atoms with E-state index in [0.717, 1.165) is 15.6 Å². The number of phenols is 1. The van der Waals surface area contributed by atoms with E-state index < -0.39 is 0 Å². The summed E-state index contributed by atoms with van der Waals surface area (Å²) >= 11 is 3.54. The highest BCUT2D eigenvalue weighted by Gasteiger charge is 2.16. The van der Waals surface area contributed by atoms with Gasteiger partial charge in [-0.1, -0.05) is 29.8 Å². The van der Waals surface area contributed by atoms with Gasteiger partial charge in [0, 0.05) is 10.0 Å². The number of hydrogen-bond donors (Lipinski definition) is 2. The van der Waals surface area contributed by atoms with Gasteiger partial charge in [0.2, 0.25) is 0 Å². The zero-order valence-electron chi connectivity index (χ0n) is 10.3. The molecule has 0 saturated heterocycles. The van der Waals surface area contributed by atoms with E-state index in [1.807, 2.05) is 26.0 Å². The molecule has 1 aromatic carbocycles. The normalized spacial score (nSPS) is 12.2. The van der Waals surface area contributed by atoms with Gasteiger partial charge >= 0.3 is 0 Å². The molecule has 0 radical (unpaired) electrons. The topological polar surface area (TPSA) is 46.2 Å². The van der Waals surface area contributed by atoms with E-state index in [4.69, 9.17) is 5.73 Å². The fourth-order valence-corrected chi connectivity index (χ4v) is 2.54. The van der Waals surface area contributed by atoms with Gasteiger partial charge in [0.1, 0.15) is 5.75 Å². The highest BCUT2D eigenvalue weighted by atomic mass is 79.9. The van der Waals surface area contributed by atoms with E-state index in [2.05, 4.69) is 29.8 Å². The molecule has 1 aromatic rings. The minimum atomic E-state index is -0.309. The average molecular weight is 286 g/mol. The first kappa shape index (κ1) is 13.5. The van der Waals surface area contributed by atoms with Gasteiger partial charge in [-0.15, -0.1) is 0 Å². The van der Waals surface area contributed by atoms with E-state index in [-0.39, 0.29) is 5.54 Å². The van der Waals surface area contributed by atoms with E-state index in [1.165, 1.54) is 0 Å². The Labute approximate surface area is 106 Å². The Hall–Kier alpha value is -0.540. The molecule has 1 rings (SSSR count). The molecule has 16 heavy (non-hydrogen) atoms. The van der Waals surface area contributed by atoms with Crippen LogP contribution in [0.15, 0.2) is 16.6 Å². The number of phenolic OH excluding ortho intramolecular Hbond substituents is 1. The first-order valence-electron chi connectivity index (χ1n) is 5.51. The molecule has 0 fully saturated rings. The molecule has 0 aliphatic heterocycles. The lowest BCUT2D eigenvalue weighted by atomic mass is 9.93. The van der Waals surface area contributed by atoms with Crippen LogP contribution in [-0.2, 0) is 6.42 Å².